The van der Waals surface area contributed by atoms with Crippen LogP contribution in [-0.2, 0) is 4.74 Å². The predicted octanol–water partition coefficient (Wildman–Crippen LogP) is 2.96. The fraction of sp³-hybridized carbons (Fsp3) is 1.00. The molecule has 1 unspecified atom stereocenters. The van der Waals surface area contributed by atoms with Crippen LogP contribution in [0.25, 0.3) is 0 Å². The fourth-order valence-electron chi connectivity index (χ4n) is 2.76. The molecule has 2 nitrogen and oxygen atoms in total. The first kappa shape index (κ1) is 13.0. The summed E-state index contributed by atoms with van der Waals surface area (Å²) >= 11 is 0. The van der Waals surface area contributed by atoms with Crippen LogP contribution in [0, 0.1) is 11.8 Å². The first-order valence-electron chi connectivity index (χ1n) is 6.62. The molecule has 0 aliphatic carbocycles. The maximum Gasteiger partial charge on any atom is 0.0469 e. The Hall–Kier alpha value is -0.0800. The highest BCUT2D eigenvalue weighted by Gasteiger charge is 2.26. The molecule has 0 aromatic rings. The number of ether oxygens (including phenoxy) is 1. The molecule has 1 heterocycles. The third-order valence-electron chi connectivity index (χ3n) is 3.67. The molecule has 0 spiro atoms. The molecule has 1 saturated heterocycles. The van der Waals surface area contributed by atoms with Gasteiger partial charge in [-0.25, -0.2) is 0 Å². The van der Waals surface area contributed by atoms with Gasteiger partial charge in [0.15, 0.2) is 0 Å². The van der Waals surface area contributed by atoms with Gasteiger partial charge in [0.2, 0.25) is 0 Å². The summed E-state index contributed by atoms with van der Waals surface area (Å²) in [4.78, 5) is 0. The summed E-state index contributed by atoms with van der Waals surface area (Å²) in [6, 6.07) is 0.411. The lowest BCUT2D eigenvalue weighted by Gasteiger charge is -2.33. The number of hydrogen-bond acceptors (Lipinski definition) is 2. The third kappa shape index (κ3) is 4.12. The van der Waals surface area contributed by atoms with Crippen molar-refractivity contribution in [2.45, 2.75) is 58.4 Å². The van der Waals surface area contributed by atoms with E-state index in [2.05, 4.69) is 13.8 Å². The Morgan fingerprint density at radius 3 is 2.13 bits per heavy atom. The van der Waals surface area contributed by atoms with Crippen molar-refractivity contribution in [2.24, 2.45) is 17.6 Å². The Balaban J connectivity index is 2.41. The second kappa shape index (κ2) is 7.24. The molecule has 0 aromatic heterocycles. The van der Waals surface area contributed by atoms with Crippen molar-refractivity contribution < 1.29 is 4.74 Å². The molecule has 1 atom stereocenters. The maximum atomic E-state index is 6.41. The second-order valence-electron chi connectivity index (χ2n) is 4.86. The molecule has 0 bridgehead atoms. The van der Waals surface area contributed by atoms with Gasteiger partial charge in [-0.05, 0) is 37.5 Å². The van der Waals surface area contributed by atoms with E-state index in [0.29, 0.717) is 12.0 Å². The Labute approximate surface area is 94.6 Å². The molecule has 1 aliphatic rings. The second-order valence-corrected chi connectivity index (χ2v) is 4.86. The molecule has 2 heteroatoms. The van der Waals surface area contributed by atoms with E-state index in [4.69, 9.17) is 10.5 Å². The first-order chi connectivity index (χ1) is 7.29. The molecule has 1 aliphatic heterocycles. The van der Waals surface area contributed by atoms with Gasteiger partial charge in [-0.2, -0.15) is 0 Å². The Bertz CT molecular complexity index is 149. The summed E-state index contributed by atoms with van der Waals surface area (Å²) in [6.07, 6.45) is 7.47. The van der Waals surface area contributed by atoms with Crippen LogP contribution < -0.4 is 5.73 Å². The topological polar surface area (TPSA) is 35.2 Å². The highest BCUT2D eigenvalue weighted by atomic mass is 16.5. The van der Waals surface area contributed by atoms with Gasteiger partial charge in [0.1, 0.15) is 0 Å². The Morgan fingerprint density at radius 2 is 1.67 bits per heavy atom. The maximum absolute atomic E-state index is 6.41. The quantitative estimate of drug-likeness (QED) is 0.736. The van der Waals surface area contributed by atoms with Gasteiger partial charge < -0.3 is 10.5 Å². The SMILES string of the molecule is CCCC(CCC)C(N)C1CCOCC1. The van der Waals surface area contributed by atoms with Crippen LogP contribution >= 0.6 is 0 Å². The van der Waals surface area contributed by atoms with E-state index < -0.39 is 0 Å². The molecule has 0 radical (unpaired) electrons. The minimum Gasteiger partial charge on any atom is -0.381 e. The van der Waals surface area contributed by atoms with Gasteiger partial charge in [-0.1, -0.05) is 26.7 Å². The van der Waals surface area contributed by atoms with Crippen LogP contribution in [0.3, 0.4) is 0 Å². The average Bonchev–Trinajstić information content (AvgIpc) is 2.29. The van der Waals surface area contributed by atoms with Gasteiger partial charge in [-0.3, -0.25) is 0 Å². The van der Waals surface area contributed by atoms with E-state index in [1.165, 1.54) is 38.5 Å². The van der Waals surface area contributed by atoms with Crippen molar-refractivity contribution in [3.8, 4) is 0 Å². The highest BCUT2D eigenvalue weighted by Crippen LogP contribution is 2.27. The first-order valence-corrected chi connectivity index (χ1v) is 6.62. The van der Waals surface area contributed by atoms with Gasteiger partial charge in [0.05, 0.1) is 0 Å². The average molecular weight is 213 g/mol. The van der Waals surface area contributed by atoms with E-state index in [9.17, 15) is 0 Å². The van der Waals surface area contributed by atoms with Crippen LogP contribution in [0.15, 0.2) is 0 Å². The van der Waals surface area contributed by atoms with E-state index >= 15 is 0 Å². The number of rotatable bonds is 6. The smallest absolute Gasteiger partial charge is 0.0469 e. The standard InChI is InChI=1S/C13H27NO/c1-3-5-11(6-4-2)13(14)12-7-9-15-10-8-12/h11-13H,3-10,14H2,1-2H3. The van der Waals surface area contributed by atoms with Gasteiger partial charge in [0.25, 0.3) is 0 Å². The summed E-state index contributed by atoms with van der Waals surface area (Å²) in [6.45, 7) is 6.37. The Morgan fingerprint density at radius 1 is 1.13 bits per heavy atom. The molecular formula is C13H27NO. The van der Waals surface area contributed by atoms with Crippen molar-refractivity contribution in [1.82, 2.24) is 0 Å². The van der Waals surface area contributed by atoms with Crippen LogP contribution in [0.2, 0.25) is 0 Å². The summed E-state index contributed by atoms with van der Waals surface area (Å²) in [7, 11) is 0. The zero-order chi connectivity index (χ0) is 11.1. The molecule has 15 heavy (non-hydrogen) atoms. The van der Waals surface area contributed by atoms with Gasteiger partial charge in [0, 0.05) is 19.3 Å². The van der Waals surface area contributed by atoms with Gasteiger partial charge >= 0.3 is 0 Å². The number of hydrogen-bond donors (Lipinski definition) is 1. The van der Waals surface area contributed by atoms with E-state index in [1.54, 1.807) is 0 Å². The lowest BCUT2D eigenvalue weighted by Crippen LogP contribution is -2.40. The summed E-state index contributed by atoms with van der Waals surface area (Å²) in [5.74, 6) is 1.45. The molecule has 2 N–H and O–H groups in total. The zero-order valence-electron chi connectivity index (χ0n) is 10.4. The lowest BCUT2D eigenvalue weighted by molar-refractivity contribution is 0.0494. The third-order valence-corrected chi connectivity index (χ3v) is 3.67. The molecular weight excluding hydrogens is 186 g/mol. The van der Waals surface area contributed by atoms with Crippen molar-refractivity contribution in [3.05, 3.63) is 0 Å². The van der Waals surface area contributed by atoms with E-state index in [-0.39, 0.29) is 0 Å². The molecule has 0 aromatic carbocycles. The predicted molar refractivity (Wildman–Crippen MR) is 64.8 cm³/mol. The summed E-state index contributed by atoms with van der Waals surface area (Å²) in [5.41, 5.74) is 6.41. The number of nitrogens with two attached hydrogens (primary N) is 1. The minimum absolute atomic E-state index is 0.411. The van der Waals surface area contributed by atoms with Crippen molar-refractivity contribution >= 4 is 0 Å². The van der Waals surface area contributed by atoms with Crippen LogP contribution in [0.4, 0.5) is 0 Å². The normalized spacial score (nSPS) is 20.8. The van der Waals surface area contributed by atoms with Crippen LogP contribution in [0.1, 0.15) is 52.4 Å². The van der Waals surface area contributed by atoms with Crippen LogP contribution in [-0.4, -0.2) is 19.3 Å². The van der Waals surface area contributed by atoms with Crippen molar-refractivity contribution in [2.75, 3.05) is 13.2 Å². The zero-order valence-corrected chi connectivity index (χ0v) is 10.4. The highest BCUT2D eigenvalue weighted by molar-refractivity contribution is 4.81. The molecule has 0 amide bonds. The van der Waals surface area contributed by atoms with Crippen LogP contribution in [0.5, 0.6) is 0 Å². The molecule has 90 valence electrons. The van der Waals surface area contributed by atoms with E-state index in [0.717, 1.165) is 19.1 Å². The molecule has 1 fully saturated rings. The lowest BCUT2D eigenvalue weighted by atomic mass is 9.80. The molecule has 1 rings (SSSR count). The van der Waals surface area contributed by atoms with Gasteiger partial charge in [-0.15, -0.1) is 0 Å². The van der Waals surface area contributed by atoms with Crippen molar-refractivity contribution in [1.29, 1.82) is 0 Å². The largest absolute Gasteiger partial charge is 0.381 e. The monoisotopic (exact) mass is 213 g/mol. The molecule has 0 saturated carbocycles. The van der Waals surface area contributed by atoms with E-state index in [1.807, 2.05) is 0 Å². The Kier molecular flexibility index (Phi) is 6.26. The summed E-state index contributed by atoms with van der Waals surface area (Å²) < 4.78 is 5.39. The van der Waals surface area contributed by atoms with Crippen molar-refractivity contribution in [3.63, 3.8) is 0 Å². The fourth-order valence-corrected chi connectivity index (χ4v) is 2.76. The minimum atomic E-state index is 0.411. The summed E-state index contributed by atoms with van der Waals surface area (Å²) in [5, 5.41) is 0.